The zero-order valence-corrected chi connectivity index (χ0v) is 13.0. The van der Waals surface area contributed by atoms with Gasteiger partial charge in [-0.15, -0.1) is 0 Å². The van der Waals surface area contributed by atoms with Gasteiger partial charge in [0.2, 0.25) is 5.56 Å². The lowest BCUT2D eigenvalue weighted by Crippen LogP contribution is -2.56. The number of aliphatic hydroxyl groups excluding tert-OH is 3. The summed E-state index contributed by atoms with van der Waals surface area (Å²) in [5, 5.41) is 33.1. The molecule has 1 saturated heterocycles. The van der Waals surface area contributed by atoms with Crippen LogP contribution >= 0.6 is 0 Å². The minimum absolute atomic E-state index is 0.144. The van der Waals surface area contributed by atoms with Crippen molar-refractivity contribution in [3.8, 4) is 0 Å². The molecule has 7 heteroatoms. The SMILES string of the molecule is C=Cc1cc(=O)[nH]c2cc(NC3COC(CO)[C@@H](O)C3O)ccc12. The maximum Gasteiger partial charge on any atom is 0.249 e. The van der Waals surface area contributed by atoms with Crippen LogP contribution in [0.2, 0.25) is 0 Å². The fourth-order valence-corrected chi connectivity index (χ4v) is 2.93. The molecule has 0 saturated carbocycles. The summed E-state index contributed by atoms with van der Waals surface area (Å²) in [6.07, 6.45) is -1.42. The molecule has 0 spiro atoms. The zero-order valence-electron chi connectivity index (χ0n) is 13.0. The van der Waals surface area contributed by atoms with Gasteiger partial charge in [-0.05, 0) is 17.7 Å². The second-order valence-corrected chi connectivity index (χ2v) is 5.84. The van der Waals surface area contributed by atoms with Crippen LogP contribution in [-0.2, 0) is 4.74 Å². The molecule has 1 fully saturated rings. The molecule has 3 rings (SSSR count). The number of H-pyrrole nitrogens is 1. The van der Waals surface area contributed by atoms with Gasteiger partial charge in [0, 0.05) is 17.1 Å². The number of aliphatic hydroxyl groups is 3. The number of hydrogen-bond donors (Lipinski definition) is 5. The lowest BCUT2D eigenvalue weighted by molar-refractivity contribution is -0.152. The van der Waals surface area contributed by atoms with Crippen molar-refractivity contribution in [3.05, 3.63) is 46.8 Å². The Morgan fingerprint density at radius 3 is 2.83 bits per heavy atom. The van der Waals surface area contributed by atoms with Crippen molar-refractivity contribution < 1.29 is 20.1 Å². The molecule has 1 aliphatic heterocycles. The van der Waals surface area contributed by atoms with Crippen LogP contribution in [0, 0.1) is 0 Å². The van der Waals surface area contributed by atoms with Gasteiger partial charge in [-0.3, -0.25) is 4.79 Å². The highest BCUT2D eigenvalue weighted by atomic mass is 16.5. The third-order valence-electron chi connectivity index (χ3n) is 4.26. The summed E-state index contributed by atoms with van der Waals surface area (Å²) < 4.78 is 5.34. The summed E-state index contributed by atoms with van der Waals surface area (Å²) in [5.41, 5.74) is 1.82. The Morgan fingerprint density at radius 2 is 2.12 bits per heavy atom. The molecule has 5 N–H and O–H groups in total. The second-order valence-electron chi connectivity index (χ2n) is 5.84. The fourth-order valence-electron chi connectivity index (χ4n) is 2.93. The van der Waals surface area contributed by atoms with Crippen LogP contribution < -0.4 is 10.9 Å². The molecule has 3 unspecified atom stereocenters. The fraction of sp³-hybridized carbons (Fsp3) is 0.353. The third-order valence-corrected chi connectivity index (χ3v) is 4.26. The normalized spacial score (nSPS) is 27.1. The van der Waals surface area contributed by atoms with Crippen LogP contribution in [0.1, 0.15) is 5.56 Å². The van der Waals surface area contributed by atoms with E-state index in [1.165, 1.54) is 6.07 Å². The molecular weight excluding hydrogens is 312 g/mol. The van der Waals surface area contributed by atoms with Crippen LogP contribution in [0.15, 0.2) is 35.6 Å². The van der Waals surface area contributed by atoms with E-state index in [1.807, 2.05) is 12.1 Å². The monoisotopic (exact) mass is 332 g/mol. The standard InChI is InChI=1S/C17H20N2O5/c1-2-9-5-15(21)19-12-6-10(3-4-11(9)12)18-13-8-24-14(7-20)17(23)16(13)22/h2-6,13-14,16-18,20,22-23H,1,7-8H2,(H,19,21)/t13?,14?,16?,17-/m1/s1. The molecule has 2 heterocycles. The van der Waals surface area contributed by atoms with Crippen LogP contribution in [-0.4, -0.2) is 57.9 Å². The summed E-state index contributed by atoms with van der Waals surface area (Å²) in [6.45, 7) is 3.49. The highest BCUT2D eigenvalue weighted by molar-refractivity contribution is 5.89. The molecule has 2 aromatic rings. The highest BCUT2D eigenvalue weighted by Crippen LogP contribution is 2.23. The van der Waals surface area contributed by atoms with Crippen LogP contribution in [0.4, 0.5) is 5.69 Å². The number of benzene rings is 1. The van der Waals surface area contributed by atoms with Gasteiger partial charge >= 0.3 is 0 Å². The Kier molecular flexibility index (Phi) is 4.68. The van der Waals surface area contributed by atoms with Crippen molar-refractivity contribution in [1.82, 2.24) is 4.98 Å². The van der Waals surface area contributed by atoms with Crippen molar-refractivity contribution in [2.45, 2.75) is 24.4 Å². The third kappa shape index (κ3) is 3.07. The summed E-state index contributed by atoms with van der Waals surface area (Å²) in [5.74, 6) is 0. The van der Waals surface area contributed by atoms with Crippen molar-refractivity contribution in [1.29, 1.82) is 0 Å². The van der Waals surface area contributed by atoms with Gasteiger partial charge in [-0.2, -0.15) is 0 Å². The highest BCUT2D eigenvalue weighted by Gasteiger charge is 2.37. The molecule has 24 heavy (non-hydrogen) atoms. The first-order valence-electron chi connectivity index (χ1n) is 7.68. The van der Waals surface area contributed by atoms with Crippen molar-refractivity contribution in [2.75, 3.05) is 18.5 Å². The molecule has 1 aliphatic rings. The summed E-state index contributed by atoms with van der Waals surface area (Å²) in [4.78, 5) is 14.4. The van der Waals surface area contributed by atoms with Gasteiger partial charge in [0.05, 0.1) is 24.8 Å². The Morgan fingerprint density at radius 1 is 1.33 bits per heavy atom. The van der Waals surface area contributed by atoms with Gasteiger partial charge in [-0.1, -0.05) is 18.7 Å². The predicted octanol–water partition coefficient (Wildman–Crippen LogP) is 0.0645. The van der Waals surface area contributed by atoms with E-state index in [0.717, 1.165) is 10.9 Å². The average Bonchev–Trinajstić information content (AvgIpc) is 2.58. The summed E-state index contributed by atoms with van der Waals surface area (Å²) in [6, 6.07) is 6.35. The lowest BCUT2D eigenvalue weighted by atomic mass is 9.98. The topological polar surface area (TPSA) is 115 Å². The minimum atomic E-state index is -1.17. The van der Waals surface area contributed by atoms with Gasteiger partial charge in [-0.25, -0.2) is 0 Å². The predicted molar refractivity (Wildman–Crippen MR) is 90.9 cm³/mol. The van der Waals surface area contributed by atoms with Gasteiger partial charge < -0.3 is 30.4 Å². The average molecular weight is 332 g/mol. The van der Waals surface area contributed by atoms with E-state index in [9.17, 15) is 15.0 Å². The number of aromatic amines is 1. The van der Waals surface area contributed by atoms with E-state index in [0.29, 0.717) is 11.2 Å². The number of anilines is 1. The molecule has 1 aromatic carbocycles. The molecule has 7 nitrogen and oxygen atoms in total. The van der Waals surface area contributed by atoms with Crippen LogP contribution in [0.3, 0.4) is 0 Å². The smallest absolute Gasteiger partial charge is 0.249 e. The number of fused-ring (bicyclic) bond motifs is 1. The van der Waals surface area contributed by atoms with Crippen molar-refractivity contribution in [2.24, 2.45) is 0 Å². The number of pyridine rings is 1. The molecular formula is C17H20N2O5. The molecule has 0 radical (unpaired) electrons. The van der Waals surface area contributed by atoms with Crippen LogP contribution in [0.5, 0.6) is 0 Å². The van der Waals surface area contributed by atoms with E-state index in [1.54, 1.807) is 12.1 Å². The first-order valence-corrected chi connectivity index (χ1v) is 7.68. The maximum atomic E-state index is 11.7. The minimum Gasteiger partial charge on any atom is -0.394 e. The van der Waals surface area contributed by atoms with Gasteiger partial charge in [0.15, 0.2) is 0 Å². The Hall–Kier alpha value is -2.19. The van der Waals surface area contributed by atoms with Crippen molar-refractivity contribution in [3.63, 3.8) is 0 Å². The molecule has 128 valence electrons. The number of nitrogens with one attached hydrogen (secondary N) is 2. The quantitative estimate of drug-likeness (QED) is 0.541. The second kappa shape index (κ2) is 6.74. The Labute approximate surface area is 138 Å². The van der Waals surface area contributed by atoms with E-state index >= 15 is 0 Å². The van der Waals surface area contributed by atoms with E-state index in [-0.39, 0.29) is 18.8 Å². The number of rotatable bonds is 4. The molecule has 0 aliphatic carbocycles. The number of ether oxygens (including phenoxy) is 1. The van der Waals surface area contributed by atoms with E-state index in [2.05, 4.69) is 16.9 Å². The van der Waals surface area contributed by atoms with E-state index in [4.69, 9.17) is 9.84 Å². The molecule has 0 bridgehead atoms. The lowest BCUT2D eigenvalue weighted by Gasteiger charge is -2.37. The molecule has 0 amide bonds. The van der Waals surface area contributed by atoms with Gasteiger partial charge in [0.1, 0.15) is 18.3 Å². The Bertz CT molecular complexity index is 803. The number of aromatic nitrogens is 1. The molecule has 4 atom stereocenters. The first-order chi connectivity index (χ1) is 11.5. The van der Waals surface area contributed by atoms with E-state index < -0.39 is 24.4 Å². The summed E-state index contributed by atoms with van der Waals surface area (Å²) >= 11 is 0. The zero-order chi connectivity index (χ0) is 17.3. The van der Waals surface area contributed by atoms with Crippen molar-refractivity contribution >= 4 is 22.7 Å². The maximum absolute atomic E-state index is 11.7. The summed E-state index contributed by atoms with van der Waals surface area (Å²) in [7, 11) is 0. The number of hydrogen-bond acceptors (Lipinski definition) is 6. The first kappa shape index (κ1) is 16.7. The molecule has 1 aromatic heterocycles. The van der Waals surface area contributed by atoms with Gasteiger partial charge in [0.25, 0.3) is 0 Å². The largest absolute Gasteiger partial charge is 0.394 e. The van der Waals surface area contributed by atoms with Crippen LogP contribution in [0.25, 0.3) is 17.0 Å². The Balaban J connectivity index is 1.86.